The Labute approximate surface area is 106 Å². The summed E-state index contributed by atoms with van der Waals surface area (Å²) >= 11 is 0. The fraction of sp³-hybridized carbons (Fsp3) is 0.231. The van der Waals surface area contributed by atoms with Gasteiger partial charge in [0.15, 0.2) is 0 Å². The summed E-state index contributed by atoms with van der Waals surface area (Å²) in [6, 6.07) is 7.22. The summed E-state index contributed by atoms with van der Waals surface area (Å²) in [5.74, 6) is -0.426. The van der Waals surface area contributed by atoms with Gasteiger partial charge in [0.2, 0.25) is 5.91 Å². The number of carbonyl (C=O) groups is 1. The van der Waals surface area contributed by atoms with Gasteiger partial charge in [-0.05, 0) is 24.6 Å². The molecule has 2 rings (SSSR count). The van der Waals surface area contributed by atoms with Crippen molar-refractivity contribution in [3.63, 3.8) is 0 Å². The summed E-state index contributed by atoms with van der Waals surface area (Å²) in [5.41, 5.74) is 8.16. The van der Waals surface area contributed by atoms with E-state index in [2.05, 4.69) is 10.4 Å². The van der Waals surface area contributed by atoms with Gasteiger partial charge >= 0.3 is 0 Å². The Morgan fingerprint density at radius 1 is 1.50 bits per heavy atom. The molecule has 1 unspecified atom stereocenters. The van der Waals surface area contributed by atoms with Crippen LogP contribution in [0.5, 0.6) is 0 Å². The predicted molar refractivity (Wildman–Crippen MR) is 69.9 cm³/mol. The number of nitrogens with two attached hydrogens (primary N) is 1. The second-order valence-electron chi connectivity index (χ2n) is 4.30. The van der Waals surface area contributed by atoms with E-state index in [0.29, 0.717) is 0 Å². The van der Waals surface area contributed by atoms with Gasteiger partial charge in [-0.3, -0.25) is 9.48 Å². The SMILES string of the molecule is Cc1cccc(NC(C(N)=O)c2cnn(C)c2)c1. The highest BCUT2D eigenvalue weighted by Crippen LogP contribution is 2.19. The van der Waals surface area contributed by atoms with Crippen LogP contribution < -0.4 is 11.1 Å². The summed E-state index contributed by atoms with van der Waals surface area (Å²) in [5, 5.41) is 7.17. The van der Waals surface area contributed by atoms with Gasteiger partial charge in [-0.25, -0.2) is 0 Å². The van der Waals surface area contributed by atoms with Crippen molar-refractivity contribution >= 4 is 11.6 Å². The van der Waals surface area contributed by atoms with Crippen molar-refractivity contribution in [2.45, 2.75) is 13.0 Å². The van der Waals surface area contributed by atoms with E-state index in [1.165, 1.54) is 0 Å². The number of hydrogen-bond acceptors (Lipinski definition) is 3. The normalized spacial score (nSPS) is 12.1. The first-order valence-electron chi connectivity index (χ1n) is 5.67. The van der Waals surface area contributed by atoms with E-state index < -0.39 is 11.9 Å². The third kappa shape index (κ3) is 2.68. The Kier molecular flexibility index (Phi) is 3.32. The van der Waals surface area contributed by atoms with Gasteiger partial charge in [0.1, 0.15) is 6.04 Å². The number of aryl methyl sites for hydroxylation is 2. The molecule has 18 heavy (non-hydrogen) atoms. The molecule has 0 fully saturated rings. The summed E-state index contributed by atoms with van der Waals surface area (Å²) in [6.45, 7) is 1.99. The minimum Gasteiger partial charge on any atom is -0.370 e. The van der Waals surface area contributed by atoms with Crippen molar-refractivity contribution in [1.29, 1.82) is 0 Å². The van der Waals surface area contributed by atoms with Crippen LogP contribution in [0.2, 0.25) is 0 Å². The van der Waals surface area contributed by atoms with Crippen molar-refractivity contribution in [2.24, 2.45) is 12.8 Å². The molecule has 3 N–H and O–H groups in total. The first-order chi connectivity index (χ1) is 8.56. The van der Waals surface area contributed by atoms with Crippen LogP contribution in [-0.2, 0) is 11.8 Å². The van der Waals surface area contributed by atoms with Crippen molar-refractivity contribution in [3.05, 3.63) is 47.8 Å². The highest BCUT2D eigenvalue weighted by Gasteiger charge is 2.19. The lowest BCUT2D eigenvalue weighted by Gasteiger charge is -2.15. The van der Waals surface area contributed by atoms with Crippen LogP contribution in [0.15, 0.2) is 36.7 Å². The molecule has 0 saturated carbocycles. The number of amides is 1. The zero-order chi connectivity index (χ0) is 13.1. The van der Waals surface area contributed by atoms with Gasteiger partial charge in [-0.15, -0.1) is 0 Å². The molecular formula is C13H16N4O. The summed E-state index contributed by atoms with van der Waals surface area (Å²) in [6.07, 6.45) is 3.41. The molecule has 1 atom stereocenters. The summed E-state index contributed by atoms with van der Waals surface area (Å²) < 4.78 is 1.64. The van der Waals surface area contributed by atoms with Crippen LogP contribution in [0, 0.1) is 6.92 Å². The highest BCUT2D eigenvalue weighted by atomic mass is 16.1. The number of anilines is 1. The molecule has 0 saturated heterocycles. The minimum absolute atomic E-state index is 0.426. The van der Waals surface area contributed by atoms with Gasteiger partial charge < -0.3 is 11.1 Å². The number of aromatic nitrogens is 2. The number of rotatable bonds is 4. The van der Waals surface area contributed by atoms with Crippen LogP contribution in [0.25, 0.3) is 0 Å². The standard InChI is InChI=1S/C13H16N4O/c1-9-4-3-5-11(6-9)16-12(13(14)18)10-7-15-17(2)8-10/h3-8,12,16H,1-2H3,(H2,14,18). The lowest BCUT2D eigenvalue weighted by molar-refractivity contribution is -0.118. The maximum atomic E-state index is 11.5. The van der Waals surface area contributed by atoms with Gasteiger partial charge in [-0.1, -0.05) is 12.1 Å². The second-order valence-corrected chi connectivity index (χ2v) is 4.30. The number of nitrogens with zero attached hydrogens (tertiary/aromatic N) is 2. The Bertz CT molecular complexity index is 562. The fourth-order valence-corrected chi connectivity index (χ4v) is 1.81. The quantitative estimate of drug-likeness (QED) is 0.853. The molecule has 0 bridgehead atoms. The fourth-order valence-electron chi connectivity index (χ4n) is 1.81. The molecule has 2 aromatic rings. The maximum Gasteiger partial charge on any atom is 0.244 e. The molecule has 0 aliphatic rings. The topological polar surface area (TPSA) is 72.9 Å². The highest BCUT2D eigenvalue weighted by molar-refractivity contribution is 5.84. The third-order valence-corrected chi connectivity index (χ3v) is 2.67. The lowest BCUT2D eigenvalue weighted by Crippen LogP contribution is -2.27. The number of benzene rings is 1. The number of primary amides is 1. The molecule has 1 amide bonds. The van der Waals surface area contributed by atoms with E-state index in [9.17, 15) is 4.79 Å². The smallest absolute Gasteiger partial charge is 0.244 e. The molecule has 94 valence electrons. The van der Waals surface area contributed by atoms with Gasteiger partial charge in [0, 0.05) is 24.5 Å². The molecule has 5 heteroatoms. The predicted octanol–water partition coefficient (Wildman–Crippen LogP) is 1.37. The van der Waals surface area contributed by atoms with Gasteiger partial charge in [-0.2, -0.15) is 5.10 Å². The summed E-state index contributed by atoms with van der Waals surface area (Å²) in [4.78, 5) is 11.5. The lowest BCUT2D eigenvalue weighted by atomic mass is 10.1. The molecule has 0 radical (unpaired) electrons. The largest absolute Gasteiger partial charge is 0.370 e. The van der Waals surface area contributed by atoms with Crippen LogP contribution in [0.1, 0.15) is 17.2 Å². The van der Waals surface area contributed by atoms with E-state index in [4.69, 9.17) is 5.73 Å². The molecule has 0 aliphatic carbocycles. The van der Waals surface area contributed by atoms with Crippen LogP contribution in [-0.4, -0.2) is 15.7 Å². The number of carbonyl (C=O) groups excluding carboxylic acids is 1. The Morgan fingerprint density at radius 2 is 2.28 bits per heavy atom. The average Bonchev–Trinajstić information content (AvgIpc) is 2.72. The van der Waals surface area contributed by atoms with E-state index in [-0.39, 0.29) is 0 Å². The first-order valence-corrected chi connectivity index (χ1v) is 5.67. The van der Waals surface area contributed by atoms with Crippen molar-refractivity contribution in [3.8, 4) is 0 Å². The van der Waals surface area contributed by atoms with Crippen LogP contribution in [0.4, 0.5) is 5.69 Å². The van der Waals surface area contributed by atoms with Crippen LogP contribution >= 0.6 is 0 Å². The molecule has 0 aliphatic heterocycles. The minimum atomic E-state index is -0.569. The Balaban J connectivity index is 2.24. The second kappa shape index (κ2) is 4.91. The molecule has 1 aromatic carbocycles. The van der Waals surface area contributed by atoms with E-state index in [1.807, 2.05) is 31.2 Å². The maximum absolute atomic E-state index is 11.5. The Morgan fingerprint density at radius 3 is 2.83 bits per heavy atom. The molecule has 1 heterocycles. The van der Waals surface area contributed by atoms with Crippen molar-refractivity contribution in [2.75, 3.05) is 5.32 Å². The molecular weight excluding hydrogens is 228 g/mol. The Hall–Kier alpha value is -2.30. The van der Waals surface area contributed by atoms with Gasteiger partial charge in [0.25, 0.3) is 0 Å². The average molecular weight is 244 g/mol. The van der Waals surface area contributed by atoms with E-state index in [0.717, 1.165) is 16.8 Å². The first kappa shape index (κ1) is 12.2. The van der Waals surface area contributed by atoms with Crippen molar-refractivity contribution in [1.82, 2.24) is 9.78 Å². The molecule has 0 spiro atoms. The molecule has 5 nitrogen and oxygen atoms in total. The van der Waals surface area contributed by atoms with E-state index in [1.54, 1.807) is 24.1 Å². The van der Waals surface area contributed by atoms with Crippen molar-refractivity contribution < 1.29 is 4.79 Å². The van der Waals surface area contributed by atoms with Gasteiger partial charge in [0.05, 0.1) is 6.20 Å². The zero-order valence-electron chi connectivity index (χ0n) is 10.4. The molecule has 1 aromatic heterocycles. The summed E-state index contributed by atoms with van der Waals surface area (Å²) in [7, 11) is 1.80. The zero-order valence-corrected chi connectivity index (χ0v) is 10.4. The number of hydrogen-bond donors (Lipinski definition) is 2. The van der Waals surface area contributed by atoms with Crippen LogP contribution in [0.3, 0.4) is 0 Å². The van der Waals surface area contributed by atoms with E-state index >= 15 is 0 Å². The number of nitrogens with one attached hydrogen (secondary N) is 1. The third-order valence-electron chi connectivity index (χ3n) is 2.67. The monoisotopic (exact) mass is 244 g/mol.